The van der Waals surface area contributed by atoms with E-state index in [4.69, 9.17) is 79.9 Å². The summed E-state index contributed by atoms with van der Waals surface area (Å²) in [6, 6.07) is 0. The Labute approximate surface area is 168 Å². The Balaban J connectivity index is -0.0000000309. The third kappa shape index (κ3) is 10900. The van der Waals surface area contributed by atoms with Crippen LogP contribution in [0.25, 0.3) is 0 Å². The molecule has 18 nitrogen and oxygen atoms in total. The SMILES string of the molecule is O=S([O-])O.O=S([O-])O.O=S([O-])O.O=S([O-])O.O=S([O-])O.O=S([O-])O.[Mo]. The van der Waals surface area contributed by atoms with Crippen molar-refractivity contribution in [3.8, 4) is 0 Å². The molecule has 162 valence electrons. The van der Waals surface area contributed by atoms with Gasteiger partial charge in [-0.1, -0.05) is 0 Å². The molecular formula is H6MoO18S6-6. The van der Waals surface area contributed by atoms with Crippen LogP contribution < -0.4 is 0 Å². The van der Waals surface area contributed by atoms with Crippen molar-refractivity contribution in [3.63, 3.8) is 0 Å². The van der Waals surface area contributed by atoms with Crippen LogP contribution in [-0.2, 0) is 89.2 Å². The first-order chi connectivity index (χ1) is 10.4. The van der Waals surface area contributed by atoms with Crippen LogP contribution in [0.3, 0.4) is 0 Å². The zero-order valence-electron chi connectivity index (χ0n) is 10.4. The van der Waals surface area contributed by atoms with E-state index in [9.17, 15) is 0 Å². The van der Waals surface area contributed by atoms with Gasteiger partial charge in [-0.25, -0.2) is 25.3 Å². The molecule has 0 heterocycles. The van der Waals surface area contributed by atoms with Crippen molar-refractivity contribution in [3.05, 3.63) is 0 Å². The second-order valence-corrected chi connectivity index (χ2v) is 3.91. The van der Waals surface area contributed by atoms with Crippen molar-refractivity contribution in [1.29, 1.82) is 0 Å². The fourth-order valence-electron chi connectivity index (χ4n) is 0. The quantitative estimate of drug-likeness (QED) is 0.117. The molecule has 0 aromatic heterocycles. The topological polar surface area (TPSA) is 362 Å². The largest absolute Gasteiger partial charge is 0.750 e. The molecule has 0 aliphatic rings. The minimum Gasteiger partial charge on any atom is -0.750 e. The molecular weight excluding hydrogens is 576 g/mol. The molecule has 0 aliphatic heterocycles. The number of hydrogen-bond acceptors (Lipinski definition) is 12. The summed E-state index contributed by atoms with van der Waals surface area (Å²) in [5.74, 6) is 0. The van der Waals surface area contributed by atoms with Gasteiger partial charge in [0.15, 0.2) is 0 Å². The van der Waals surface area contributed by atoms with Gasteiger partial charge in [0.25, 0.3) is 0 Å². The van der Waals surface area contributed by atoms with Crippen LogP contribution in [0, 0.1) is 0 Å². The van der Waals surface area contributed by atoms with Gasteiger partial charge in [0.2, 0.25) is 0 Å². The Kier molecular flexibility index (Phi) is 72.1. The van der Waals surface area contributed by atoms with Gasteiger partial charge < -0.3 is 54.6 Å². The van der Waals surface area contributed by atoms with E-state index in [2.05, 4.69) is 0 Å². The second-order valence-electron chi connectivity index (χ2n) is 1.30. The van der Waals surface area contributed by atoms with E-state index in [1.54, 1.807) is 0 Å². The summed E-state index contributed by atoms with van der Waals surface area (Å²) in [5.41, 5.74) is 0. The maximum Gasteiger partial charge on any atom is 0.0814 e. The summed E-state index contributed by atoms with van der Waals surface area (Å²) in [5, 5.41) is 0. The molecule has 6 unspecified atom stereocenters. The van der Waals surface area contributed by atoms with E-state index in [1.165, 1.54) is 0 Å². The Bertz CT molecular complexity index is 257. The van der Waals surface area contributed by atoms with Crippen molar-refractivity contribution in [2.75, 3.05) is 0 Å². The molecule has 0 aliphatic carbocycles. The summed E-state index contributed by atoms with van der Waals surface area (Å²) in [6.45, 7) is 0. The minimum absolute atomic E-state index is 0. The Morgan fingerprint density at radius 1 is 0.360 bits per heavy atom. The minimum atomic E-state index is -2.86. The van der Waals surface area contributed by atoms with Gasteiger partial charge in [0.05, 0.1) is 68.2 Å². The first-order valence-electron chi connectivity index (χ1n) is 3.10. The van der Waals surface area contributed by atoms with Crippen LogP contribution >= 0.6 is 0 Å². The molecule has 0 radical (unpaired) electrons. The molecule has 0 amide bonds. The predicted molar refractivity (Wildman–Crippen MR) is 69.3 cm³/mol. The summed E-state index contributed by atoms with van der Waals surface area (Å²) in [7, 11) is 0. The fraction of sp³-hybridized carbons (Fsp3) is 0. The van der Waals surface area contributed by atoms with Crippen molar-refractivity contribution in [1.82, 2.24) is 0 Å². The van der Waals surface area contributed by atoms with E-state index in [0.29, 0.717) is 0 Å². The molecule has 25 heteroatoms. The number of hydrogen-bond donors (Lipinski definition) is 6. The maximum atomic E-state index is 8.56. The summed E-state index contributed by atoms with van der Waals surface area (Å²) in [4.78, 5) is 0. The molecule has 0 rings (SSSR count). The van der Waals surface area contributed by atoms with E-state index in [0.717, 1.165) is 0 Å². The molecule has 0 saturated heterocycles. The first kappa shape index (κ1) is 45.1. The van der Waals surface area contributed by atoms with E-state index < -0.39 is 68.2 Å². The van der Waals surface area contributed by atoms with Crippen LogP contribution in [0.1, 0.15) is 0 Å². The van der Waals surface area contributed by atoms with Crippen LogP contribution in [0.2, 0.25) is 0 Å². The predicted octanol–water partition coefficient (Wildman–Crippen LogP) is -3.97. The second kappa shape index (κ2) is 40.0. The summed E-state index contributed by atoms with van der Waals surface area (Å²) < 4.78 is 144. The average molecular weight is 582 g/mol. The molecule has 25 heavy (non-hydrogen) atoms. The third-order valence-electron chi connectivity index (χ3n) is 0. The molecule has 0 bridgehead atoms. The van der Waals surface area contributed by atoms with Gasteiger partial charge in [0.1, 0.15) is 0 Å². The summed E-state index contributed by atoms with van der Waals surface area (Å²) >= 11 is -17.2. The molecule has 0 spiro atoms. The van der Waals surface area contributed by atoms with Gasteiger partial charge in [-0.3, -0.25) is 0 Å². The van der Waals surface area contributed by atoms with Crippen molar-refractivity contribution >= 4 is 68.2 Å². The van der Waals surface area contributed by atoms with Crippen molar-refractivity contribution < 1.29 is 101 Å². The van der Waals surface area contributed by atoms with Gasteiger partial charge in [-0.2, -0.15) is 0 Å². The van der Waals surface area contributed by atoms with Gasteiger partial charge in [-0.15, -0.1) is 0 Å². The van der Waals surface area contributed by atoms with Crippen LogP contribution in [0.5, 0.6) is 0 Å². The van der Waals surface area contributed by atoms with Gasteiger partial charge in [-0.05, 0) is 0 Å². The zero-order chi connectivity index (χ0) is 21.5. The third-order valence-corrected chi connectivity index (χ3v) is 0. The van der Waals surface area contributed by atoms with Crippen LogP contribution in [-0.4, -0.2) is 79.9 Å². The maximum absolute atomic E-state index is 8.56. The standard InChI is InChI=1S/Mo.6H2O3S/c;6*1-4(2)3/h;6*(H2,1,2,3)/p-6. The molecule has 0 fully saturated rings. The fourth-order valence-corrected chi connectivity index (χ4v) is 0. The zero-order valence-corrected chi connectivity index (χ0v) is 17.3. The molecule has 0 aromatic carbocycles. The van der Waals surface area contributed by atoms with E-state index in [-0.39, 0.29) is 21.1 Å². The first-order valence-corrected chi connectivity index (χ1v) is 9.29. The van der Waals surface area contributed by atoms with Crippen LogP contribution in [0.15, 0.2) is 0 Å². The Morgan fingerprint density at radius 2 is 0.360 bits per heavy atom. The van der Waals surface area contributed by atoms with Gasteiger partial charge in [0, 0.05) is 21.1 Å². The molecule has 0 aromatic rings. The van der Waals surface area contributed by atoms with Crippen molar-refractivity contribution in [2.24, 2.45) is 0 Å². The average Bonchev–Trinajstić information content (AvgIpc) is 2.08. The Morgan fingerprint density at radius 3 is 0.360 bits per heavy atom. The number of rotatable bonds is 0. The normalized spacial score (nSPS) is 14.9. The van der Waals surface area contributed by atoms with Crippen LogP contribution in [0.4, 0.5) is 0 Å². The molecule has 0 saturated carbocycles. The summed E-state index contributed by atoms with van der Waals surface area (Å²) in [6.07, 6.45) is 0. The monoisotopic (exact) mass is 584 g/mol. The van der Waals surface area contributed by atoms with Crippen molar-refractivity contribution in [2.45, 2.75) is 0 Å². The smallest absolute Gasteiger partial charge is 0.0814 e. The van der Waals surface area contributed by atoms with E-state index in [1.807, 2.05) is 0 Å². The Hall–Kier alpha value is 1.11. The van der Waals surface area contributed by atoms with Gasteiger partial charge >= 0.3 is 0 Å². The molecule has 6 atom stereocenters. The molecule has 6 N–H and O–H groups in total. The van der Waals surface area contributed by atoms with E-state index >= 15 is 0 Å².